The molecule has 110 valence electrons. The van der Waals surface area contributed by atoms with Crippen LogP contribution in [0.5, 0.6) is 5.75 Å². The van der Waals surface area contributed by atoms with Crippen LogP contribution in [-0.4, -0.2) is 10.0 Å². The summed E-state index contributed by atoms with van der Waals surface area (Å²) in [6, 6.07) is 12.1. The first kappa shape index (κ1) is 15.0. The second-order valence-corrected chi connectivity index (χ2v) is 4.87. The van der Waals surface area contributed by atoms with Gasteiger partial charge in [-0.25, -0.2) is 0 Å². The first-order valence-corrected chi connectivity index (χ1v) is 6.62. The van der Waals surface area contributed by atoms with Crippen molar-refractivity contribution >= 4 is 5.69 Å². The SMILES string of the molecule is Cc1ccccc1COc1ccc([N+](=O)[O-])cc1[C@H](C)O. The smallest absolute Gasteiger partial charge is 0.270 e. The van der Waals surface area contributed by atoms with Crippen molar-refractivity contribution in [3.63, 3.8) is 0 Å². The third-order valence-corrected chi connectivity index (χ3v) is 3.30. The molecular formula is C16H17NO4. The zero-order valence-corrected chi connectivity index (χ0v) is 11.9. The van der Waals surface area contributed by atoms with Gasteiger partial charge in [-0.15, -0.1) is 0 Å². The van der Waals surface area contributed by atoms with E-state index in [-0.39, 0.29) is 5.69 Å². The summed E-state index contributed by atoms with van der Waals surface area (Å²) in [5, 5.41) is 20.6. The molecule has 0 aromatic heterocycles. The van der Waals surface area contributed by atoms with E-state index in [9.17, 15) is 15.2 Å². The van der Waals surface area contributed by atoms with E-state index in [0.29, 0.717) is 17.9 Å². The van der Waals surface area contributed by atoms with Crippen LogP contribution in [0.3, 0.4) is 0 Å². The number of hydrogen-bond donors (Lipinski definition) is 1. The molecule has 0 saturated carbocycles. The summed E-state index contributed by atoms with van der Waals surface area (Å²) < 4.78 is 5.72. The van der Waals surface area contributed by atoms with Crippen molar-refractivity contribution in [1.82, 2.24) is 0 Å². The minimum absolute atomic E-state index is 0.0610. The lowest BCUT2D eigenvalue weighted by Crippen LogP contribution is -2.03. The third kappa shape index (κ3) is 3.58. The monoisotopic (exact) mass is 287 g/mol. The number of benzene rings is 2. The Bertz CT molecular complexity index is 652. The van der Waals surface area contributed by atoms with Crippen molar-refractivity contribution in [1.29, 1.82) is 0 Å². The number of aryl methyl sites for hydroxylation is 1. The highest BCUT2D eigenvalue weighted by Crippen LogP contribution is 2.30. The molecule has 0 aliphatic rings. The summed E-state index contributed by atoms with van der Waals surface area (Å²) >= 11 is 0. The molecule has 2 aromatic carbocycles. The standard InChI is InChI=1S/C16H17NO4/c1-11-5-3-4-6-13(11)10-21-16-8-7-14(17(19)20)9-15(16)12(2)18/h3-9,12,18H,10H2,1-2H3/t12-/m0/s1. The molecule has 1 atom stereocenters. The number of nitro benzene ring substituents is 1. The van der Waals surface area contributed by atoms with Crippen LogP contribution >= 0.6 is 0 Å². The van der Waals surface area contributed by atoms with Gasteiger partial charge < -0.3 is 9.84 Å². The van der Waals surface area contributed by atoms with Crippen LogP contribution in [0.25, 0.3) is 0 Å². The predicted octanol–water partition coefficient (Wildman–Crippen LogP) is 3.54. The molecule has 0 amide bonds. The van der Waals surface area contributed by atoms with E-state index < -0.39 is 11.0 Å². The molecule has 0 spiro atoms. The van der Waals surface area contributed by atoms with Gasteiger partial charge >= 0.3 is 0 Å². The normalized spacial score (nSPS) is 12.0. The summed E-state index contributed by atoms with van der Waals surface area (Å²) in [4.78, 5) is 10.3. The van der Waals surface area contributed by atoms with Gasteiger partial charge in [0.1, 0.15) is 12.4 Å². The zero-order valence-electron chi connectivity index (χ0n) is 11.9. The average molecular weight is 287 g/mol. The highest BCUT2D eigenvalue weighted by atomic mass is 16.6. The Hall–Kier alpha value is -2.40. The molecule has 0 radical (unpaired) electrons. The number of aliphatic hydroxyl groups is 1. The molecule has 5 heteroatoms. The first-order chi connectivity index (χ1) is 9.99. The fourth-order valence-corrected chi connectivity index (χ4v) is 2.03. The van der Waals surface area contributed by atoms with Gasteiger partial charge in [0.2, 0.25) is 0 Å². The molecule has 0 aliphatic carbocycles. The number of ether oxygens (including phenoxy) is 1. The van der Waals surface area contributed by atoms with E-state index >= 15 is 0 Å². The Kier molecular flexibility index (Phi) is 4.55. The summed E-state index contributed by atoms with van der Waals surface area (Å²) in [5.41, 5.74) is 2.50. The van der Waals surface area contributed by atoms with Crippen molar-refractivity contribution in [2.75, 3.05) is 0 Å². The highest BCUT2D eigenvalue weighted by Gasteiger charge is 2.15. The van der Waals surface area contributed by atoms with Crippen molar-refractivity contribution in [3.05, 3.63) is 69.3 Å². The van der Waals surface area contributed by atoms with E-state index in [1.165, 1.54) is 18.2 Å². The van der Waals surface area contributed by atoms with E-state index in [2.05, 4.69) is 0 Å². The second-order valence-electron chi connectivity index (χ2n) is 4.87. The Morgan fingerprint density at radius 1 is 1.29 bits per heavy atom. The van der Waals surface area contributed by atoms with Crippen molar-refractivity contribution in [2.24, 2.45) is 0 Å². The van der Waals surface area contributed by atoms with Crippen molar-refractivity contribution in [2.45, 2.75) is 26.6 Å². The van der Waals surface area contributed by atoms with Crippen LogP contribution in [-0.2, 0) is 6.61 Å². The Morgan fingerprint density at radius 3 is 2.62 bits per heavy atom. The van der Waals surface area contributed by atoms with E-state index in [4.69, 9.17) is 4.74 Å². The van der Waals surface area contributed by atoms with Gasteiger partial charge in [-0.3, -0.25) is 10.1 Å². The van der Waals surface area contributed by atoms with Gasteiger partial charge in [-0.05, 0) is 31.0 Å². The lowest BCUT2D eigenvalue weighted by atomic mass is 10.1. The maximum Gasteiger partial charge on any atom is 0.270 e. The van der Waals surface area contributed by atoms with E-state index in [1.54, 1.807) is 6.92 Å². The van der Waals surface area contributed by atoms with Gasteiger partial charge in [0.05, 0.1) is 11.0 Å². The maximum absolute atomic E-state index is 10.8. The van der Waals surface area contributed by atoms with Gasteiger partial charge in [-0.1, -0.05) is 24.3 Å². The minimum atomic E-state index is -0.836. The Balaban J connectivity index is 2.23. The molecule has 0 aliphatic heterocycles. The van der Waals surface area contributed by atoms with Crippen LogP contribution in [0.15, 0.2) is 42.5 Å². The molecule has 0 saturated heterocycles. The third-order valence-electron chi connectivity index (χ3n) is 3.30. The van der Waals surface area contributed by atoms with E-state index in [0.717, 1.165) is 11.1 Å². The highest BCUT2D eigenvalue weighted by molar-refractivity contribution is 5.45. The van der Waals surface area contributed by atoms with Crippen LogP contribution in [0, 0.1) is 17.0 Å². The Morgan fingerprint density at radius 2 is 2.00 bits per heavy atom. The quantitative estimate of drug-likeness (QED) is 0.674. The van der Waals surface area contributed by atoms with Crippen molar-refractivity contribution < 1.29 is 14.8 Å². The number of rotatable bonds is 5. The summed E-state index contributed by atoms with van der Waals surface area (Å²) in [6.45, 7) is 3.90. The second kappa shape index (κ2) is 6.37. The van der Waals surface area contributed by atoms with Crippen LogP contribution < -0.4 is 4.74 Å². The molecule has 1 N–H and O–H groups in total. The molecule has 0 fully saturated rings. The molecule has 2 rings (SSSR count). The summed E-state index contributed by atoms with van der Waals surface area (Å²) in [6.07, 6.45) is -0.836. The maximum atomic E-state index is 10.8. The molecule has 0 unspecified atom stereocenters. The predicted molar refractivity (Wildman–Crippen MR) is 79.2 cm³/mol. The van der Waals surface area contributed by atoms with Gasteiger partial charge in [-0.2, -0.15) is 0 Å². The zero-order chi connectivity index (χ0) is 15.4. The van der Waals surface area contributed by atoms with Gasteiger partial charge in [0, 0.05) is 17.7 Å². The largest absolute Gasteiger partial charge is 0.489 e. The average Bonchev–Trinajstić information content (AvgIpc) is 2.46. The van der Waals surface area contributed by atoms with Gasteiger partial charge in [0.15, 0.2) is 0 Å². The Labute approximate surface area is 123 Å². The molecule has 2 aromatic rings. The molecule has 5 nitrogen and oxygen atoms in total. The van der Waals surface area contributed by atoms with Crippen LogP contribution in [0.1, 0.15) is 29.7 Å². The fourth-order valence-electron chi connectivity index (χ4n) is 2.03. The number of aliphatic hydroxyl groups excluding tert-OH is 1. The summed E-state index contributed by atoms with van der Waals surface area (Å²) in [7, 11) is 0. The lowest BCUT2D eigenvalue weighted by molar-refractivity contribution is -0.385. The topological polar surface area (TPSA) is 72.6 Å². The van der Waals surface area contributed by atoms with Crippen molar-refractivity contribution in [3.8, 4) is 5.75 Å². The summed E-state index contributed by atoms with van der Waals surface area (Å²) in [5.74, 6) is 0.457. The molecule has 0 bridgehead atoms. The molecule has 0 heterocycles. The number of nitro groups is 1. The van der Waals surface area contributed by atoms with Crippen LogP contribution in [0.4, 0.5) is 5.69 Å². The molecular weight excluding hydrogens is 270 g/mol. The lowest BCUT2D eigenvalue weighted by Gasteiger charge is -2.14. The fraction of sp³-hybridized carbons (Fsp3) is 0.250. The minimum Gasteiger partial charge on any atom is -0.489 e. The van der Waals surface area contributed by atoms with Gasteiger partial charge in [0.25, 0.3) is 5.69 Å². The number of non-ortho nitro benzene ring substituents is 1. The van der Waals surface area contributed by atoms with Crippen LogP contribution in [0.2, 0.25) is 0 Å². The number of hydrogen-bond acceptors (Lipinski definition) is 4. The number of nitrogens with zero attached hydrogens (tertiary/aromatic N) is 1. The van der Waals surface area contributed by atoms with E-state index in [1.807, 2.05) is 31.2 Å². The first-order valence-electron chi connectivity index (χ1n) is 6.62. The molecule has 21 heavy (non-hydrogen) atoms.